The summed E-state index contributed by atoms with van der Waals surface area (Å²) in [4.78, 5) is 14.0. The van der Waals surface area contributed by atoms with Crippen molar-refractivity contribution < 1.29 is 23.4 Å². The van der Waals surface area contributed by atoms with Gasteiger partial charge in [0.1, 0.15) is 18.1 Å². The Balaban J connectivity index is 0.00000192. The van der Waals surface area contributed by atoms with Gasteiger partial charge in [-0.1, -0.05) is 0 Å². The molecule has 1 aromatic carbocycles. The lowest BCUT2D eigenvalue weighted by Crippen LogP contribution is -2.16. The third kappa shape index (κ3) is 3.97. The van der Waals surface area contributed by atoms with Gasteiger partial charge in [0, 0.05) is 18.0 Å². The predicted molar refractivity (Wildman–Crippen MR) is 87.3 cm³/mol. The lowest BCUT2D eigenvalue weighted by Gasteiger charge is -2.11. The fourth-order valence-corrected chi connectivity index (χ4v) is 2.15. The Kier molecular flexibility index (Phi) is 5.52. The molecule has 0 bridgehead atoms. The van der Waals surface area contributed by atoms with Crippen LogP contribution in [0.4, 0.5) is 0 Å². The van der Waals surface area contributed by atoms with Gasteiger partial charge in [-0.25, -0.2) is 4.79 Å². The van der Waals surface area contributed by atoms with E-state index in [1.54, 1.807) is 18.2 Å². The highest BCUT2D eigenvalue weighted by Gasteiger charge is 2.17. The molecule has 0 unspecified atom stereocenters. The second-order valence-corrected chi connectivity index (χ2v) is 5.25. The maximum absolute atomic E-state index is 12.0. The van der Waals surface area contributed by atoms with Crippen LogP contribution in [-0.4, -0.2) is 38.1 Å². The molecule has 1 aliphatic rings. The van der Waals surface area contributed by atoms with Crippen LogP contribution in [-0.2, 0) is 4.74 Å². The monoisotopic (exact) mass is 339 g/mol. The van der Waals surface area contributed by atoms with Crippen LogP contribution in [0.15, 0.2) is 35.1 Å². The van der Waals surface area contributed by atoms with E-state index in [9.17, 15) is 4.79 Å². The van der Waals surface area contributed by atoms with Crippen molar-refractivity contribution in [2.45, 2.75) is 6.42 Å². The number of carbonyl (C=O) groups is 1. The number of hydrogen-bond donors (Lipinski definition) is 0. The Labute approximate surface area is 140 Å². The Morgan fingerprint density at radius 3 is 2.52 bits per heavy atom. The van der Waals surface area contributed by atoms with Gasteiger partial charge in [-0.2, -0.15) is 0 Å². The molecule has 23 heavy (non-hydrogen) atoms. The molecule has 0 N–H and O–H groups in total. The average molecular weight is 340 g/mol. The molecule has 0 fully saturated rings. The lowest BCUT2D eigenvalue weighted by atomic mass is 10.2. The molecule has 0 saturated carbocycles. The summed E-state index contributed by atoms with van der Waals surface area (Å²) in [5.74, 6) is 0.847. The fourth-order valence-electron chi connectivity index (χ4n) is 2.15. The molecule has 7 heteroatoms. The van der Waals surface area contributed by atoms with Crippen LogP contribution >= 0.6 is 12.4 Å². The number of fused-ring (bicyclic) bond motifs is 2. The van der Waals surface area contributed by atoms with Gasteiger partial charge in [-0.05, 0) is 32.6 Å². The molecule has 0 saturated heterocycles. The predicted octanol–water partition coefficient (Wildman–Crippen LogP) is 3.21. The number of rotatable bonds is 5. The van der Waals surface area contributed by atoms with Crippen molar-refractivity contribution >= 4 is 29.3 Å². The van der Waals surface area contributed by atoms with E-state index in [1.807, 2.05) is 19.0 Å². The Morgan fingerprint density at radius 1 is 1.13 bits per heavy atom. The Morgan fingerprint density at radius 2 is 1.83 bits per heavy atom. The molecule has 0 aliphatic carbocycles. The zero-order valence-electron chi connectivity index (χ0n) is 12.9. The number of ether oxygens (including phenoxy) is 3. The first kappa shape index (κ1) is 17.2. The Hall–Kier alpha value is -2.18. The smallest absolute Gasteiger partial charge is 0.374 e. The van der Waals surface area contributed by atoms with Gasteiger partial charge in [0.05, 0.1) is 6.61 Å². The first-order valence-electron chi connectivity index (χ1n) is 7.01. The van der Waals surface area contributed by atoms with Gasteiger partial charge in [-0.15, -0.1) is 12.4 Å². The summed E-state index contributed by atoms with van der Waals surface area (Å²) < 4.78 is 21.4. The summed E-state index contributed by atoms with van der Waals surface area (Å²) >= 11 is 0. The van der Waals surface area contributed by atoms with Crippen molar-refractivity contribution in [2.24, 2.45) is 0 Å². The number of hydrogen-bond acceptors (Lipinski definition) is 6. The molecule has 0 spiro atoms. The maximum atomic E-state index is 12.0. The van der Waals surface area contributed by atoms with Gasteiger partial charge >= 0.3 is 5.97 Å². The second-order valence-electron chi connectivity index (χ2n) is 5.25. The van der Waals surface area contributed by atoms with E-state index in [0.717, 1.165) is 18.4 Å². The molecule has 3 rings (SSSR count). The first-order valence-corrected chi connectivity index (χ1v) is 7.01. The molecule has 0 radical (unpaired) electrons. The number of furan rings is 1. The minimum atomic E-state index is -0.465. The van der Waals surface area contributed by atoms with Crippen LogP contribution in [0, 0.1) is 0 Å². The molecule has 124 valence electrons. The van der Waals surface area contributed by atoms with Crippen LogP contribution in [0.2, 0.25) is 0 Å². The van der Waals surface area contributed by atoms with E-state index in [-0.39, 0.29) is 18.2 Å². The fraction of sp³-hybridized carbons (Fsp3) is 0.312. The molecule has 0 amide bonds. The molecule has 1 aromatic heterocycles. The molecule has 2 heterocycles. The summed E-state index contributed by atoms with van der Waals surface area (Å²) in [6, 6.07) is 5.10. The largest absolute Gasteiger partial charge is 0.460 e. The number of nitrogens with zero attached hydrogens (tertiary/aromatic N) is 1. The highest BCUT2D eigenvalue weighted by Crippen LogP contribution is 2.36. The van der Waals surface area contributed by atoms with Crippen LogP contribution < -0.4 is 9.47 Å². The summed E-state index contributed by atoms with van der Waals surface area (Å²) in [6.07, 6.45) is 3.67. The normalized spacial score (nSPS) is 12.3. The second kappa shape index (κ2) is 7.39. The van der Waals surface area contributed by atoms with Crippen LogP contribution in [0.1, 0.15) is 17.0 Å². The number of halogens is 1. The van der Waals surface area contributed by atoms with Gasteiger partial charge in [0.2, 0.25) is 5.76 Å². The van der Waals surface area contributed by atoms with E-state index in [2.05, 4.69) is 0 Å². The van der Waals surface area contributed by atoms with Crippen molar-refractivity contribution in [2.75, 3.05) is 27.2 Å². The summed E-state index contributed by atoms with van der Waals surface area (Å²) in [5, 5.41) is 0.762. The van der Waals surface area contributed by atoms with E-state index in [4.69, 9.17) is 18.6 Å². The third-order valence-electron chi connectivity index (χ3n) is 3.21. The number of carbonyl (C=O) groups excluding carboxylic acids is 1. The van der Waals surface area contributed by atoms with E-state index in [1.165, 1.54) is 12.5 Å². The maximum Gasteiger partial charge on any atom is 0.374 e. The zero-order chi connectivity index (χ0) is 15.5. The lowest BCUT2D eigenvalue weighted by molar-refractivity contribution is 0.0459. The molecule has 2 aromatic rings. The highest BCUT2D eigenvalue weighted by molar-refractivity contribution is 5.93. The van der Waals surface area contributed by atoms with E-state index in [0.29, 0.717) is 23.7 Å². The molecule has 6 nitrogen and oxygen atoms in total. The van der Waals surface area contributed by atoms with Crippen LogP contribution in [0.5, 0.6) is 11.5 Å². The third-order valence-corrected chi connectivity index (χ3v) is 3.21. The number of benzene rings is 1. The van der Waals surface area contributed by atoms with Gasteiger partial charge in [0.25, 0.3) is 0 Å². The molecular formula is C16H18ClNO5. The SMILES string of the molecule is CN(C)CCCOC(=O)c1cc2cc3c(cc2o1)OC=CO3.Cl. The quantitative estimate of drug-likeness (QED) is 0.616. The summed E-state index contributed by atoms with van der Waals surface area (Å²) in [6.45, 7) is 1.22. The van der Waals surface area contributed by atoms with Crippen molar-refractivity contribution in [1.29, 1.82) is 0 Å². The van der Waals surface area contributed by atoms with Gasteiger partial charge < -0.3 is 23.5 Å². The highest BCUT2D eigenvalue weighted by atomic mass is 35.5. The Bertz CT molecular complexity index is 678. The summed E-state index contributed by atoms with van der Waals surface area (Å²) in [7, 11) is 3.95. The number of esters is 1. The first-order chi connectivity index (χ1) is 10.6. The van der Waals surface area contributed by atoms with E-state index < -0.39 is 5.97 Å². The molecule has 0 atom stereocenters. The van der Waals surface area contributed by atoms with Gasteiger partial charge in [-0.3, -0.25) is 0 Å². The van der Waals surface area contributed by atoms with Crippen LogP contribution in [0.25, 0.3) is 11.0 Å². The standard InChI is InChI=1S/C16H17NO5.ClH/c1-17(2)4-3-5-21-16(18)15-9-11-8-13-14(10-12(11)22-15)20-7-6-19-13;/h6-10H,3-5H2,1-2H3;1H. The minimum Gasteiger partial charge on any atom is -0.460 e. The molecule has 1 aliphatic heterocycles. The zero-order valence-corrected chi connectivity index (χ0v) is 13.7. The topological polar surface area (TPSA) is 61.1 Å². The average Bonchev–Trinajstić information content (AvgIpc) is 2.91. The van der Waals surface area contributed by atoms with Gasteiger partial charge in [0.15, 0.2) is 11.5 Å². The summed E-state index contributed by atoms with van der Waals surface area (Å²) in [5.41, 5.74) is 0.554. The van der Waals surface area contributed by atoms with Crippen molar-refractivity contribution in [3.63, 3.8) is 0 Å². The van der Waals surface area contributed by atoms with Crippen LogP contribution in [0.3, 0.4) is 0 Å². The molecular weight excluding hydrogens is 322 g/mol. The minimum absolute atomic E-state index is 0. The van der Waals surface area contributed by atoms with E-state index >= 15 is 0 Å². The van der Waals surface area contributed by atoms with Crippen molar-refractivity contribution in [1.82, 2.24) is 4.90 Å². The van der Waals surface area contributed by atoms with Crippen molar-refractivity contribution in [3.05, 3.63) is 36.5 Å². The van der Waals surface area contributed by atoms with Crippen molar-refractivity contribution in [3.8, 4) is 11.5 Å².